The quantitative estimate of drug-likeness (QED) is 0.715. The van der Waals surface area contributed by atoms with Gasteiger partial charge in [-0.3, -0.25) is 0 Å². The van der Waals surface area contributed by atoms with Gasteiger partial charge in [-0.2, -0.15) is 0 Å². The van der Waals surface area contributed by atoms with Gasteiger partial charge in [-0.15, -0.1) is 11.3 Å². The van der Waals surface area contributed by atoms with Crippen LogP contribution in [0, 0.1) is 12.7 Å². The molecule has 0 saturated carbocycles. The molecule has 124 valence electrons. The summed E-state index contributed by atoms with van der Waals surface area (Å²) in [5, 5.41) is 3.93. The van der Waals surface area contributed by atoms with Crippen molar-refractivity contribution in [1.82, 2.24) is 15.0 Å². The van der Waals surface area contributed by atoms with Crippen LogP contribution in [0.25, 0.3) is 10.9 Å². The lowest BCUT2D eigenvalue weighted by Gasteiger charge is -2.23. The van der Waals surface area contributed by atoms with Crippen LogP contribution in [0.3, 0.4) is 0 Å². The van der Waals surface area contributed by atoms with Crippen molar-refractivity contribution in [3.8, 4) is 0 Å². The van der Waals surface area contributed by atoms with Crippen LogP contribution in [0.2, 0.25) is 0 Å². The van der Waals surface area contributed by atoms with E-state index in [0.717, 1.165) is 60.1 Å². The molecule has 24 heavy (non-hydrogen) atoms. The Morgan fingerprint density at radius 1 is 1.08 bits per heavy atom. The van der Waals surface area contributed by atoms with Gasteiger partial charge in [0.15, 0.2) is 5.13 Å². The van der Waals surface area contributed by atoms with Crippen LogP contribution in [-0.2, 0) is 0 Å². The average Bonchev–Trinajstić information content (AvgIpc) is 2.87. The van der Waals surface area contributed by atoms with Crippen LogP contribution in [-0.4, -0.2) is 41.1 Å². The van der Waals surface area contributed by atoms with Gasteiger partial charge in [0, 0.05) is 36.9 Å². The summed E-state index contributed by atoms with van der Waals surface area (Å²) < 4.78 is 13.7. The minimum Gasteiger partial charge on any atom is -0.354 e. The number of anilines is 2. The second kappa shape index (κ2) is 6.32. The second-order valence-electron chi connectivity index (χ2n) is 5.96. The van der Waals surface area contributed by atoms with Gasteiger partial charge in [-0.25, -0.2) is 19.3 Å². The summed E-state index contributed by atoms with van der Waals surface area (Å²) in [6.07, 6.45) is 2.57. The number of aryl methyl sites for hydroxylation is 1. The molecule has 0 spiro atoms. The molecule has 3 aromatic rings. The van der Waals surface area contributed by atoms with Crippen LogP contribution in [0.5, 0.6) is 0 Å². The second-order valence-corrected chi connectivity index (χ2v) is 6.79. The maximum absolute atomic E-state index is 13.7. The van der Waals surface area contributed by atoms with E-state index in [0.29, 0.717) is 0 Å². The highest BCUT2D eigenvalue weighted by Crippen LogP contribution is 2.26. The molecule has 0 bridgehead atoms. The van der Waals surface area contributed by atoms with Crippen LogP contribution in [0.1, 0.15) is 12.1 Å². The highest BCUT2D eigenvalue weighted by Gasteiger charge is 2.20. The van der Waals surface area contributed by atoms with Crippen LogP contribution in [0.15, 0.2) is 29.9 Å². The van der Waals surface area contributed by atoms with Crippen molar-refractivity contribution in [2.75, 3.05) is 36.0 Å². The monoisotopic (exact) mass is 343 g/mol. The van der Waals surface area contributed by atoms with Crippen molar-refractivity contribution < 1.29 is 4.39 Å². The Labute approximate surface area is 143 Å². The van der Waals surface area contributed by atoms with Gasteiger partial charge < -0.3 is 9.80 Å². The molecule has 0 unspecified atom stereocenters. The van der Waals surface area contributed by atoms with Crippen molar-refractivity contribution in [3.63, 3.8) is 0 Å². The minimum absolute atomic E-state index is 0.256. The molecule has 0 atom stereocenters. The summed E-state index contributed by atoms with van der Waals surface area (Å²) in [7, 11) is 0. The van der Waals surface area contributed by atoms with E-state index in [9.17, 15) is 4.39 Å². The molecule has 3 heterocycles. The molecule has 1 saturated heterocycles. The first-order chi connectivity index (χ1) is 11.7. The van der Waals surface area contributed by atoms with Crippen molar-refractivity contribution >= 4 is 33.2 Å². The molecule has 0 radical (unpaired) electrons. The standard InChI is InChI=1S/C17H18FN5S/c1-12-10-24-17(21-12)23-6-2-5-22(7-8-23)16-14-9-13(18)3-4-15(14)19-11-20-16/h3-4,9-11H,2,5-8H2,1H3. The zero-order valence-corrected chi connectivity index (χ0v) is 14.3. The predicted molar refractivity (Wildman–Crippen MR) is 95.4 cm³/mol. The number of hydrogen-bond acceptors (Lipinski definition) is 6. The lowest BCUT2D eigenvalue weighted by atomic mass is 10.2. The van der Waals surface area contributed by atoms with Gasteiger partial charge in [-0.05, 0) is 31.5 Å². The first-order valence-corrected chi connectivity index (χ1v) is 8.91. The Bertz CT molecular complexity index is 865. The Morgan fingerprint density at radius 3 is 2.75 bits per heavy atom. The summed E-state index contributed by atoms with van der Waals surface area (Å²) >= 11 is 1.69. The zero-order chi connectivity index (χ0) is 16.5. The number of hydrogen-bond donors (Lipinski definition) is 0. The third kappa shape index (κ3) is 2.91. The number of rotatable bonds is 2. The lowest BCUT2D eigenvalue weighted by molar-refractivity contribution is 0.629. The normalized spacial score (nSPS) is 15.8. The molecule has 0 aliphatic carbocycles. The van der Waals surface area contributed by atoms with Crippen LogP contribution < -0.4 is 9.80 Å². The predicted octanol–water partition coefficient (Wildman–Crippen LogP) is 3.25. The molecular weight excluding hydrogens is 325 g/mol. The molecule has 0 N–H and O–H groups in total. The largest absolute Gasteiger partial charge is 0.354 e. The summed E-state index contributed by atoms with van der Waals surface area (Å²) in [5.41, 5.74) is 1.84. The van der Waals surface area contributed by atoms with E-state index in [1.807, 2.05) is 6.92 Å². The van der Waals surface area contributed by atoms with Crippen molar-refractivity contribution in [2.45, 2.75) is 13.3 Å². The number of fused-ring (bicyclic) bond motifs is 1. The summed E-state index contributed by atoms with van der Waals surface area (Å²) in [5.74, 6) is 0.560. The molecule has 0 amide bonds. The van der Waals surface area contributed by atoms with Crippen molar-refractivity contribution in [1.29, 1.82) is 0 Å². The molecule has 7 heteroatoms. The van der Waals surface area contributed by atoms with E-state index in [1.54, 1.807) is 23.7 Å². The highest BCUT2D eigenvalue weighted by molar-refractivity contribution is 7.13. The molecule has 1 fully saturated rings. The average molecular weight is 343 g/mol. The van der Waals surface area contributed by atoms with Gasteiger partial charge in [0.2, 0.25) is 0 Å². The van der Waals surface area contributed by atoms with E-state index in [2.05, 4.69) is 30.1 Å². The molecule has 4 rings (SSSR count). The first-order valence-electron chi connectivity index (χ1n) is 8.03. The smallest absolute Gasteiger partial charge is 0.185 e. The Hall–Kier alpha value is -2.28. The van der Waals surface area contributed by atoms with Gasteiger partial charge >= 0.3 is 0 Å². The Kier molecular flexibility index (Phi) is 4.02. The minimum atomic E-state index is -0.256. The van der Waals surface area contributed by atoms with E-state index in [-0.39, 0.29) is 5.82 Å². The third-order valence-corrected chi connectivity index (χ3v) is 5.27. The fraction of sp³-hybridized carbons (Fsp3) is 0.353. The zero-order valence-electron chi connectivity index (χ0n) is 13.4. The number of aromatic nitrogens is 3. The molecule has 5 nitrogen and oxygen atoms in total. The summed E-state index contributed by atoms with van der Waals surface area (Å²) in [4.78, 5) is 17.8. The molecule has 1 aliphatic rings. The fourth-order valence-corrected chi connectivity index (χ4v) is 3.93. The van der Waals surface area contributed by atoms with E-state index in [1.165, 1.54) is 12.1 Å². The summed E-state index contributed by atoms with van der Waals surface area (Å²) in [6.45, 7) is 5.60. The molecule has 1 aliphatic heterocycles. The maximum Gasteiger partial charge on any atom is 0.185 e. The van der Waals surface area contributed by atoms with Gasteiger partial charge in [0.25, 0.3) is 0 Å². The van der Waals surface area contributed by atoms with Crippen molar-refractivity contribution in [2.24, 2.45) is 0 Å². The van der Waals surface area contributed by atoms with Gasteiger partial charge in [0.05, 0.1) is 11.2 Å². The number of benzene rings is 1. The molecular formula is C17H18FN5S. The van der Waals surface area contributed by atoms with E-state index >= 15 is 0 Å². The van der Waals surface area contributed by atoms with E-state index < -0.39 is 0 Å². The Morgan fingerprint density at radius 2 is 1.92 bits per heavy atom. The first kappa shape index (κ1) is 15.3. The van der Waals surface area contributed by atoms with Gasteiger partial charge in [-0.1, -0.05) is 0 Å². The number of halogens is 1. The van der Waals surface area contributed by atoms with Crippen LogP contribution >= 0.6 is 11.3 Å². The van der Waals surface area contributed by atoms with Gasteiger partial charge in [0.1, 0.15) is 18.0 Å². The topological polar surface area (TPSA) is 45.2 Å². The Balaban J connectivity index is 1.60. The molecule has 2 aromatic heterocycles. The van der Waals surface area contributed by atoms with Crippen LogP contribution in [0.4, 0.5) is 15.3 Å². The molecule has 1 aromatic carbocycles. The number of thiazole rings is 1. The SMILES string of the molecule is Cc1csc(N2CCCN(c3ncnc4ccc(F)cc34)CC2)n1. The third-order valence-electron chi connectivity index (χ3n) is 4.25. The fourth-order valence-electron chi connectivity index (χ4n) is 3.07. The highest BCUT2D eigenvalue weighted by atomic mass is 32.1. The maximum atomic E-state index is 13.7. The van der Waals surface area contributed by atoms with Crippen molar-refractivity contribution in [3.05, 3.63) is 41.4 Å². The number of nitrogens with zero attached hydrogens (tertiary/aromatic N) is 5. The van der Waals surface area contributed by atoms with E-state index in [4.69, 9.17) is 0 Å². The lowest BCUT2D eigenvalue weighted by Crippen LogP contribution is -2.31. The summed E-state index contributed by atoms with van der Waals surface area (Å²) in [6, 6.07) is 4.67.